The molecule has 1 heterocycles. The van der Waals surface area contributed by atoms with E-state index in [1.807, 2.05) is 0 Å². The number of carbonyl (C=O) groups excluding carboxylic acids is 3. The van der Waals surface area contributed by atoms with Crippen molar-refractivity contribution in [1.82, 2.24) is 5.06 Å². The zero-order valence-electron chi connectivity index (χ0n) is 17.7. The molecule has 0 aromatic carbocycles. The number of carboxylic acid groups (broad SMARTS) is 1. The molecule has 1 aliphatic heterocycles. The van der Waals surface area contributed by atoms with Crippen LogP contribution in [0.3, 0.4) is 0 Å². The highest BCUT2D eigenvalue weighted by Gasteiger charge is 2.32. The van der Waals surface area contributed by atoms with E-state index in [-0.39, 0.29) is 19.3 Å². The lowest BCUT2D eigenvalue weighted by Crippen LogP contribution is -2.31. The second kappa shape index (κ2) is 15.9. The van der Waals surface area contributed by atoms with Gasteiger partial charge in [0.1, 0.15) is 0 Å². The molecule has 1 fully saturated rings. The topological polar surface area (TPSA) is 101 Å². The summed E-state index contributed by atoms with van der Waals surface area (Å²) in [5.41, 5.74) is 0. The van der Waals surface area contributed by atoms with Gasteiger partial charge in [0, 0.05) is 25.7 Å². The largest absolute Gasteiger partial charge is 0.481 e. The molecule has 0 saturated carbocycles. The molecule has 0 radical (unpaired) electrons. The van der Waals surface area contributed by atoms with Crippen molar-refractivity contribution in [2.45, 2.75) is 116 Å². The molecule has 1 aliphatic rings. The first kappa shape index (κ1) is 25.1. The van der Waals surface area contributed by atoms with Crippen LogP contribution < -0.4 is 0 Å². The van der Waals surface area contributed by atoms with Gasteiger partial charge in [-0.3, -0.25) is 14.4 Å². The maximum atomic E-state index is 11.7. The molecule has 0 aromatic heterocycles. The average Bonchev–Trinajstić information content (AvgIpc) is 2.99. The lowest BCUT2D eigenvalue weighted by molar-refractivity contribution is -0.197. The Morgan fingerprint density at radius 1 is 0.655 bits per heavy atom. The van der Waals surface area contributed by atoms with Crippen LogP contribution in [0.15, 0.2) is 0 Å². The van der Waals surface area contributed by atoms with Crippen molar-refractivity contribution in [1.29, 1.82) is 0 Å². The van der Waals surface area contributed by atoms with Crippen LogP contribution in [0.25, 0.3) is 0 Å². The number of nitrogens with zero attached hydrogens (tertiary/aromatic N) is 1. The second-order valence-corrected chi connectivity index (χ2v) is 7.89. The third-order valence-electron chi connectivity index (χ3n) is 5.22. The van der Waals surface area contributed by atoms with Gasteiger partial charge in [0.25, 0.3) is 11.8 Å². The molecule has 0 aromatic rings. The summed E-state index contributed by atoms with van der Waals surface area (Å²) in [6.45, 7) is 0. The van der Waals surface area contributed by atoms with Crippen LogP contribution in [-0.4, -0.2) is 33.9 Å². The molecule has 2 amide bonds. The molecule has 0 aliphatic carbocycles. The lowest BCUT2D eigenvalue weighted by Gasteiger charge is -2.12. The van der Waals surface area contributed by atoms with E-state index < -0.39 is 23.8 Å². The number of imide groups is 1. The van der Waals surface area contributed by atoms with E-state index in [1.165, 1.54) is 51.4 Å². The minimum atomic E-state index is -0.694. The van der Waals surface area contributed by atoms with Crippen LogP contribution in [0, 0.1) is 0 Å². The number of aliphatic carboxylic acids is 1. The molecule has 0 spiro atoms. The normalized spacial score (nSPS) is 13.9. The minimum Gasteiger partial charge on any atom is -0.481 e. The first-order valence-corrected chi connectivity index (χ1v) is 11.3. The summed E-state index contributed by atoms with van der Waals surface area (Å²) in [7, 11) is 0. The molecule has 0 unspecified atom stereocenters. The smallest absolute Gasteiger partial charge is 0.333 e. The average molecular weight is 412 g/mol. The van der Waals surface area contributed by atoms with Gasteiger partial charge >= 0.3 is 11.9 Å². The number of carboxylic acids is 1. The Morgan fingerprint density at radius 2 is 1.00 bits per heavy atom. The van der Waals surface area contributed by atoms with Gasteiger partial charge < -0.3 is 9.94 Å². The van der Waals surface area contributed by atoms with Crippen LogP contribution >= 0.6 is 0 Å². The van der Waals surface area contributed by atoms with E-state index in [1.54, 1.807) is 0 Å². The molecule has 1 N–H and O–H groups in total. The summed E-state index contributed by atoms with van der Waals surface area (Å²) in [6, 6.07) is 0. The fourth-order valence-electron chi connectivity index (χ4n) is 3.47. The van der Waals surface area contributed by atoms with Gasteiger partial charge in [0.15, 0.2) is 0 Å². The van der Waals surface area contributed by atoms with E-state index in [2.05, 4.69) is 0 Å². The van der Waals surface area contributed by atoms with Gasteiger partial charge in [-0.1, -0.05) is 77.0 Å². The molecule has 166 valence electrons. The summed E-state index contributed by atoms with van der Waals surface area (Å²) in [5, 5.41) is 9.18. The van der Waals surface area contributed by atoms with Crippen LogP contribution in [0.1, 0.15) is 116 Å². The molecule has 0 atom stereocenters. The van der Waals surface area contributed by atoms with Crippen LogP contribution in [0.4, 0.5) is 0 Å². The van der Waals surface area contributed by atoms with Gasteiger partial charge in [0.2, 0.25) is 0 Å². The highest BCUT2D eigenvalue weighted by molar-refractivity contribution is 6.01. The zero-order chi connectivity index (χ0) is 21.3. The maximum Gasteiger partial charge on any atom is 0.333 e. The van der Waals surface area contributed by atoms with Gasteiger partial charge in [-0.05, 0) is 12.8 Å². The third-order valence-corrected chi connectivity index (χ3v) is 5.22. The Bertz CT molecular complexity index is 503. The molecule has 7 heteroatoms. The molecular weight excluding hydrogens is 374 g/mol. The maximum absolute atomic E-state index is 11.7. The summed E-state index contributed by atoms with van der Waals surface area (Å²) < 4.78 is 0. The van der Waals surface area contributed by atoms with E-state index in [0.29, 0.717) is 11.5 Å². The Labute approximate surface area is 174 Å². The molecule has 1 rings (SSSR count). The number of rotatable bonds is 18. The summed E-state index contributed by atoms with van der Waals surface area (Å²) in [4.78, 5) is 49.6. The first-order chi connectivity index (χ1) is 14.0. The summed E-state index contributed by atoms with van der Waals surface area (Å²) in [6.07, 6.45) is 16.4. The fourth-order valence-corrected chi connectivity index (χ4v) is 3.47. The van der Waals surface area contributed by atoms with Gasteiger partial charge in [-0.25, -0.2) is 4.79 Å². The van der Waals surface area contributed by atoms with Crippen molar-refractivity contribution in [3.8, 4) is 0 Å². The van der Waals surface area contributed by atoms with Crippen LogP contribution in [0.2, 0.25) is 0 Å². The van der Waals surface area contributed by atoms with Crippen molar-refractivity contribution in [3.63, 3.8) is 0 Å². The molecule has 7 nitrogen and oxygen atoms in total. The van der Waals surface area contributed by atoms with Crippen LogP contribution in [0.5, 0.6) is 0 Å². The summed E-state index contributed by atoms with van der Waals surface area (Å²) in [5.74, 6) is -2.06. The minimum absolute atomic E-state index is 0.126. The number of amides is 2. The standard InChI is InChI=1S/C22H37NO6/c24-19-17-18-20(25)23(19)29-22(28)16-14-12-10-8-6-4-2-1-3-5-7-9-11-13-15-21(26)27/h1-18H2,(H,26,27). The SMILES string of the molecule is O=C(O)CCCCCCCCCCCCCCCCC(=O)ON1C(=O)CCC1=O. The number of hydroxylamine groups is 2. The Morgan fingerprint density at radius 3 is 1.38 bits per heavy atom. The van der Waals surface area contributed by atoms with E-state index >= 15 is 0 Å². The highest BCUT2D eigenvalue weighted by atomic mass is 16.7. The summed E-state index contributed by atoms with van der Waals surface area (Å²) >= 11 is 0. The number of hydrogen-bond donors (Lipinski definition) is 1. The van der Waals surface area contributed by atoms with Crippen molar-refractivity contribution in [2.75, 3.05) is 0 Å². The molecule has 29 heavy (non-hydrogen) atoms. The van der Waals surface area contributed by atoms with Crippen molar-refractivity contribution >= 4 is 23.8 Å². The first-order valence-electron chi connectivity index (χ1n) is 11.3. The number of carbonyl (C=O) groups is 4. The Kier molecular flexibility index (Phi) is 13.8. The third kappa shape index (κ3) is 13.0. The van der Waals surface area contributed by atoms with Crippen molar-refractivity contribution in [2.24, 2.45) is 0 Å². The van der Waals surface area contributed by atoms with E-state index in [4.69, 9.17) is 9.94 Å². The van der Waals surface area contributed by atoms with Crippen LogP contribution in [-0.2, 0) is 24.0 Å². The van der Waals surface area contributed by atoms with Gasteiger partial charge in [-0.2, -0.15) is 0 Å². The number of hydrogen-bond acceptors (Lipinski definition) is 5. The molecular formula is C22H37NO6. The van der Waals surface area contributed by atoms with Gasteiger partial charge in [-0.15, -0.1) is 5.06 Å². The second-order valence-electron chi connectivity index (χ2n) is 7.89. The van der Waals surface area contributed by atoms with E-state index in [0.717, 1.165) is 38.5 Å². The number of unbranched alkanes of at least 4 members (excludes halogenated alkanes) is 13. The highest BCUT2D eigenvalue weighted by Crippen LogP contribution is 2.15. The van der Waals surface area contributed by atoms with E-state index in [9.17, 15) is 19.2 Å². The quantitative estimate of drug-likeness (QED) is 0.254. The predicted octanol–water partition coefficient (Wildman–Crippen LogP) is 4.92. The van der Waals surface area contributed by atoms with Crippen molar-refractivity contribution < 1.29 is 29.1 Å². The van der Waals surface area contributed by atoms with Crippen molar-refractivity contribution in [3.05, 3.63) is 0 Å². The Hall–Kier alpha value is -1.92. The monoisotopic (exact) mass is 411 g/mol. The zero-order valence-corrected chi connectivity index (χ0v) is 17.7. The fraction of sp³-hybridized carbons (Fsp3) is 0.818. The molecule has 0 bridgehead atoms. The lowest BCUT2D eigenvalue weighted by atomic mass is 10.0. The molecule has 1 saturated heterocycles. The predicted molar refractivity (Wildman–Crippen MR) is 109 cm³/mol. The van der Waals surface area contributed by atoms with Gasteiger partial charge in [0.05, 0.1) is 0 Å². The Balaban J connectivity index is 1.79.